The molecule has 1 aromatic heterocycles. The van der Waals surface area contributed by atoms with Gasteiger partial charge in [-0.3, -0.25) is 0 Å². The Bertz CT molecular complexity index is 658. The average molecular weight is 322 g/mol. The summed E-state index contributed by atoms with van der Waals surface area (Å²) in [6, 6.07) is 9.59. The predicted octanol–water partition coefficient (Wildman–Crippen LogP) is 3.64. The van der Waals surface area contributed by atoms with Crippen molar-refractivity contribution in [1.82, 2.24) is 15.4 Å². The third kappa shape index (κ3) is 3.04. The summed E-state index contributed by atoms with van der Waals surface area (Å²) in [5.74, 6) is 0.718. The van der Waals surface area contributed by atoms with E-state index in [4.69, 9.17) is 28.3 Å². The quantitative estimate of drug-likeness (QED) is 0.874. The fourth-order valence-corrected chi connectivity index (χ4v) is 2.98. The molecule has 4 nitrogen and oxygen atoms in total. The smallest absolute Gasteiger partial charge is 0.169 e. The zero-order valence-electron chi connectivity index (χ0n) is 11.7. The fourth-order valence-electron chi connectivity index (χ4n) is 2.44. The number of nitrogens with one attached hydrogen (secondary N) is 1. The summed E-state index contributed by atoms with van der Waals surface area (Å²) in [5, 5.41) is 8.85. The van der Waals surface area contributed by atoms with E-state index in [1.807, 2.05) is 30.3 Å². The van der Waals surface area contributed by atoms with Crippen molar-refractivity contribution in [2.75, 3.05) is 13.1 Å². The molecule has 0 aliphatic carbocycles. The summed E-state index contributed by atoms with van der Waals surface area (Å²) < 4.78 is 5.45. The lowest BCUT2D eigenvalue weighted by Gasteiger charge is -2.34. The van der Waals surface area contributed by atoms with E-state index >= 15 is 0 Å². The summed E-state index contributed by atoms with van der Waals surface area (Å²) in [5.41, 5.74) is 1.80. The summed E-state index contributed by atoms with van der Waals surface area (Å²) >= 11 is 11.4. The normalized spacial score (nSPS) is 16.7. The average Bonchev–Trinajstić information content (AvgIpc) is 2.97. The number of aromatic nitrogens is 1. The van der Waals surface area contributed by atoms with Gasteiger partial charge in [0.2, 0.25) is 0 Å². The molecule has 6 heteroatoms. The summed E-state index contributed by atoms with van der Waals surface area (Å²) in [6.45, 7) is 3.96. The SMILES string of the molecule is CC(c1cc(-c2cccc(Cl)c2)on1)N1CCCNC1=S. The minimum absolute atomic E-state index is 0.0852. The number of hydrogen-bond donors (Lipinski definition) is 1. The zero-order chi connectivity index (χ0) is 14.8. The van der Waals surface area contributed by atoms with Crippen LogP contribution in [0.15, 0.2) is 34.9 Å². The van der Waals surface area contributed by atoms with Gasteiger partial charge in [-0.1, -0.05) is 28.9 Å². The van der Waals surface area contributed by atoms with E-state index in [0.717, 1.165) is 41.6 Å². The van der Waals surface area contributed by atoms with E-state index in [1.165, 1.54) is 0 Å². The van der Waals surface area contributed by atoms with Crippen LogP contribution in [-0.4, -0.2) is 28.3 Å². The second-order valence-corrected chi connectivity index (χ2v) is 5.90. The van der Waals surface area contributed by atoms with Crippen molar-refractivity contribution < 1.29 is 4.52 Å². The van der Waals surface area contributed by atoms with Crippen LogP contribution in [0.2, 0.25) is 5.02 Å². The molecule has 1 atom stereocenters. The van der Waals surface area contributed by atoms with Crippen molar-refractivity contribution in [3.8, 4) is 11.3 Å². The molecule has 1 aliphatic heterocycles. The standard InChI is InChI=1S/C15H16ClN3OS/c1-10(19-7-3-6-17-15(19)21)13-9-14(20-18-13)11-4-2-5-12(16)8-11/h2,4-5,8-10H,3,6-7H2,1H3,(H,17,21). The van der Waals surface area contributed by atoms with Gasteiger partial charge in [-0.05, 0) is 37.7 Å². The molecule has 0 saturated carbocycles. The Morgan fingerprint density at radius 3 is 3.05 bits per heavy atom. The number of benzene rings is 1. The monoisotopic (exact) mass is 321 g/mol. The van der Waals surface area contributed by atoms with Crippen molar-refractivity contribution >= 4 is 28.9 Å². The number of thiocarbonyl (C=S) groups is 1. The van der Waals surface area contributed by atoms with Gasteiger partial charge in [0, 0.05) is 29.7 Å². The van der Waals surface area contributed by atoms with Gasteiger partial charge in [0.1, 0.15) is 5.69 Å². The molecule has 0 spiro atoms. The molecule has 1 unspecified atom stereocenters. The van der Waals surface area contributed by atoms with Crippen LogP contribution in [0.5, 0.6) is 0 Å². The maximum absolute atomic E-state index is 6.01. The van der Waals surface area contributed by atoms with Gasteiger partial charge in [0.15, 0.2) is 10.9 Å². The number of hydrogen-bond acceptors (Lipinski definition) is 3. The first kappa shape index (κ1) is 14.4. The third-order valence-electron chi connectivity index (χ3n) is 3.65. The number of halogens is 1. The van der Waals surface area contributed by atoms with Crippen LogP contribution in [0.3, 0.4) is 0 Å². The minimum atomic E-state index is 0.0852. The Balaban J connectivity index is 1.82. The molecule has 1 N–H and O–H groups in total. The van der Waals surface area contributed by atoms with Gasteiger partial charge in [0.25, 0.3) is 0 Å². The van der Waals surface area contributed by atoms with E-state index < -0.39 is 0 Å². The van der Waals surface area contributed by atoms with Crippen LogP contribution in [-0.2, 0) is 0 Å². The second kappa shape index (κ2) is 6.03. The molecule has 0 amide bonds. The van der Waals surface area contributed by atoms with Gasteiger partial charge in [-0.2, -0.15) is 0 Å². The Morgan fingerprint density at radius 2 is 2.29 bits per heavy atom. The third-order valence-corrected chi connectivity index (χ3v) is 4.26. The van der Waals surface area contributed by atoms with Crippen LogP contribution < -0.4 is 5.32 Å². The summed E-state index contributed by atoms with van der Waals surface area (Å²) in [6.07, 6.45) is 1.07. The molecule has 3 rings (SSSR count). The molecular weight excluding hydrogens is 306 g/mol. The van der Waals surface area contributed by atoms with Gasteiger partial charge < -0.3 is 14.7 Å². The van der Waals surface area contributed by atoms with Gasteiger partial charge in [-0.15, -0.1) is 0 Å². The van der Waals surface area contributed by atoms with Crippen LogP contribution >= 0.6 is 23.8 Å². The molecule has 1 aromatic carbocycles. The van der Waals surface area contributed by atoms with E-state index in [0.29, 0.717) is 5.02 Å². The largest absolute Gasteiger partial charge is 0.362 e. The van der Waals surface area contributed by atoms with E-state index in [-0.39, 0.29) is 6.04 Å². The maximum Gasteiger partial charge on any atom is 0.169 e. The number of rotatable bonds is 3. The predicted molar refractivity (Wildman–Crippen MR) is 87.3 cm³/mol. The second-order valence-electron chi connectivity index (χ2n) is 5.08. The Kier molecular flexibility index (Phi) is 4.12. The van der Waals surface area contributed by atoms with E-state index in [2.05, 4.69) is 22.3 Å². The van der Waals surface area contributed by atoms with E-state index in [1.54, 1.807) is 0 Å². The van der Waals surface area contributed by atoms with Gasteiger partial charge >= 0.3 is 0 Å². The van der Waals surface area contributed by atoms with Crippen molar-refractivity contribution in [2.24, 2.45) is 0 Å². The molecule has 21 heavy (non-hydrogen) atoms. The molecule has 2 aromatic rings. The van der Waals surface area contributed by atoms with Gasteiger partial charge in [0.05, 0.1) is 6.04 Å². The lowest BCUT2D eigenvalue weighted by Crippen LogP contribution is -2.47. The highest BCUT2D eigenvalue weighted by Crippen LogP contribution is 2.28. The Morgan fingerprint density at radius 1 is 1.43 bits per heavy atom. The topological polar surface area (TPSA) is 41.3 Å². The highest BCUT2D eigenvalue weighted by Gasteiger charge is 2.24. The van der Waals surface area contributed by atoms with Crippen molar-refractivity contribution in [1.29, 1.82) is 0 Å². The maximum atomic E-state index is 6.01. The lowest BCUT2D eigenvalue weighted by molar-refractivity contribution is 0.290. The van der Waals surface area contributed by atoms with Crippen LogP contribution in [0, 0.1) is 0 Å². The molecule has 1 aliphatic rings. The van der Waals surface area contributed by atoms with Gasteiger partial charge in [-0.25, -0.2) is 0 Å². The first-order chi connectivity index (χ1) is 10.1. The molecule has 110 valence electrons. The number of nitrogens with zero attached hydrogens (tertiary/aromatic N) is 2. The summed E-state index contributed by atoms with van der Waals surface area (Å²) in [7, 11) is 0. The highest BCUT2D eigenvalue weighted by molar-refractivity contribution is 7.80. The molecule has 1 fully saturated rings. The molecule has 2 heterocycles. The molecule has 0 bridgehead atoms. The van der Waals surface area contributed by atoms with Crippen molar-refractivity contribution in [3.05, 3.63) is 41.0 Å². The summed E-state index contributed by atoms with van der Waals surface area (Å²) in [4.78, 5) is 2.14. The molecule has 0 radical (unpaired) electrons. The highest BCUT2D eigenvalue weighted by atomic mass is 35.5. The van der Waals surface area contributed by atoms with E-state index in [9.17, 15) is 0 Å². The Labute approximate surface area is 134 Å². The van der Waals surface area contributed by atoms with Crippen LogP contribution in [0.4, 0.5) is 0 Å². The molecular formula is C15H16ClN3OS. The minimum Gasteiger partial charge on any atom is -0.362 e. The van der Waals surface area contributed by atoms with Crippen molar-refractivity contribution in [2.45, 2.75) is 19.4 Å². The Hall–Kier alpha value is -1.59. The lowest BCUT2D eigenvalue weighted by atomic mass is 10.1. The van der Waals surface area contributed by atoms with Crippen molar-refractivity contribution in [3.63, 3.8) is 0 Å². The van der Waals surface area contributed by atoms with Crippen LogP contribution in [0.25, 0.3) is 11.3 Å². The first-order valence-corrected chi connectivity index (χ1v) is 7.71. The molecule has 1 saturated heterocycles. The fraction of sp³-hybridized carbons (Fsp3) is 0.333. The van der Waals surface area contributed by atoms with Crippen LogP contribution in [0.1, 0.15) is 25.1 Å². The first-order valence-electron chi connectivity index (χ1n) is 6.92. The zero-order valence-corrected chi connectivity index (χ0v) is 13.2.